The Bertz CT molecular complexity index is 810. The lowest BCUT2D eigenvalue weighted by Gasteiger charge is -2.13. The smallest absolute Gasteiger partial charge is 0.269 e. The van der Waals surface area contributed by atoms with E-state index in [0.717, 1.165) is 11.1 Å². The van der Waals surface area contributed by atoms with Gasteiger partial charge in [0.15, 0.2) is 5.96 Å². The molecule has 0 aliphatic carbocycles. The molecule has 2 rings (SSSR count). The van der Waals surface area contributed by atoms with E-state index in [1.54, 1.807) is 30.3 Å². The van der Waals surface area contributed by atoms with Crippen LogP contribution in [0, 0.1) is 15.9 Å². The highest BCUT2D eigenvalue weighted by molar-refractivity contribution is 14.0. The summed E-state index contributed by atoms with van der Waals surface area (Å²) in [6, 6.07) is 12.7. The minimum atomic E-state index is -0.442. The van der Waals surface area contributed by atoms with Gasteiger partial charge in [0.05, 0.1) is 11.5 Å². The van der Waals surface area contributed by atoms with E-state index in [9.17, 15) is 14.5 Å². The summed E-state index contributed by atoms with van der Waals surface area (Å²) in [7, 11) is 0. The Kier molecular flexibility index (Phi) is 9.41. The van der Waals surface area contributed by atoms with Crippen LogP contribution in [-0.2, 0) is 13.1 Å². The number of nitro groups is 1. The van der Waals surface area contributed by atoms with Gasteiger partial charge in [-0.25, -0.2) is 9.38 Å². The van der Waals surface area contributed by atoms with Gasteiger partial charge in [0.2, 0.25) is 0 Å². The third kappa shape index (κ3) is 7.73. The zero-order valence-corrected chi connectivity index (χ0v) is 17.3. The van der Waals surface area contributed by atoms with Crippen LogP contribution in [-0.4, -0.2) is 17.4 Å². The summed E-state index contributed by atoms with van der Waals surface area (Å²) < 4.78 is 13.7. The average molecular weight is 484 g/mol. The molecule has 0 unspecified atom stereocenters. The van der Waals surface area contributed by atoms with Crippen LogP contribution in [0.25, 0.3) is 0 Å². The van der Waals surface area contributed by atoms with E-state index in [-0.39, 0.29) is 42.0 Å². The van der Waals surface area contributed by atoms with Gasteiger partial charge < -0.3 is 10.6 Å². The Morgan fingerprint density at radius 3 is 2.44 bits per heavy atom. The Hall–Kier alpha value is -2.49. The first-order chi connectivity index (χ1) is 12.5. The number of nitrogens with one attached hydrogen (secondary N) is 2. The molecule has 0 aliphatic heterocycles. The summed E-state index contributed by atoms with van der Waals surface area (Å²) in [6.07, 6.45) is 0. The number of nitro benzene ring substituents is 1. The van der Waals surface area contributed by atoms with E-state index in [1.807, 2.05) is 6.92 Å². The van der Waals surface area contributed by atoms with Crippen molar-refractivity contribution >= 4 is 35.6 Å². The molecule has 8 heteroatoms. The average Bonchev–Trinajstić information content (AvgIpc) is 2.62. The first-order valence-electron chi connectivity index (χ1n) is 8.09. The molecule has 0 heterocycles. The Morgan fingerprint density at radius 2 is 1.85 bits per heavy atom. The monoisotopic (exact) mass is 484 g/mol. The molecule has 6 nitrogen and oxygen atoms in total. The van der Waals surface area contributed by atoms with Crippen LogP contribution < -0.4 is 10.6 Å². The highest BCUT2D eigenvalue weighted by Gasteiger charge is 2.05. The molecule has 144 valence electrons. The lowest BCUT2D eigenvalue weighted by Crippen LogP contribution is -2.37. The number of benzene rings is 2. The lowest BCUT2D eigenvalue weighted by molar-refractivity contribution is -0.384. The first-order valence-corrected chi connectivity index (χ1v) is 8.09. The minimum absolute atomic E-state index is 0. The van der Waals surface area contributed by atoms with E-state index >= 15 is 0 Å². The van der Waals surface area contributed by atoms with E-state index in [2.05, 4.69) is 22.2 Å². The van der Waals surface area contributed by atoms with Crippen molar-refractivity contribution in [2.75, 3.05) is 6.54 Å². The second-order valence-electron chi connectivity index (χ2n) is 5.84. The normalized spacial score (nSPS) is 10.7. The molecule has 0 aromatic heterocycles. The molecule has 0 amide bonds. The van der Waals surface area contributed by atoms with Crippen LogP contribution in [0.1, 0.15) is 18.1 Å². The molecule has 0 bridgehead atoms. The molecule has 2 aromatic rings. The van der Waals surface area contributed by atoms with Crippen molar-refractivity contribution < 1.29 is 9.31 Å². The predicted molar refractivity (Wildman–Crippen MR) is 116 cm³/mol. The minimum Gasteiger partial charge on any atom is -0.353 e. The molecular formula is C19H22FIN4O2. The van der Waals surface area contributed by atoms with E-state index < -0.39 is 4.92 Å². The summed E-state index contributed by atoms with van der Waals surface area (Å²) in [5, 5.41) is 16.9. The van der Waals surface area contributed by atoms with E-state index in [1.165, 1.54) is 18.2 Å². The van der Waals surface area contributed by atoms with Crippen LogP contribution in [0.15, 0.2) is 65.7 Å². The zero-order chi connectivity index (χ0) is 18.9. The second-order valence-corrected chi connectivity index (χ2v) is 5.84. The molecule has 0 saturated heterocycles. The van der Waals surface area contributed by atoms with Gasteiger partial charge in [-0.2, -0.15) is 0 Å². The number of non-ortho nitro benzene ring substituents is 1. The maximum absolute atomic E-state index is 13.7. The summed E-state index contributed by atoms with van der Waals surface area (Å²) in [5.41, 5.74) is 2.34. The third-order valence-electron chi connectivity index (χ3n) is 3.53. The number of hydrogen-bond donors (Lipinski definition) is 2. The summed E-state index contributed by atoms with van der Waals surface area (Å²) in [4.78, 5) is 14.7. The molecule has 0 fully saturated rings. The number of halogens is 2. The van der Waals surface area contributed by atoms with Crippen molar-refractivity contribution in [3.63, 3.8) is 0 Å². The molecule has 0 spiro atoms. The molecule has 2 aromatic carbocycles. The lowest BCUT2D eigenvalue weighted by atomic mass is 10.2. The van der Waals surface area contributed by atoms with E-state index in [0.29, 0.717) is 24.6 Å². The number of rotatable bonds is 7. The Balaban J connectivity index is 0.00000364. The summed E-state index contributed by atoms with van der Waals surface area (Å²) >= 11 is 0. The molecule has 0 aliphatic rings. The van der Waals surface area contributed by atoms with Crippen molar-refractivity contribution in [2.24, 2.45) is 4.99 Å². The van der Waals surface area contributed by atoms with Gasteiger partial charge in [0.25, 0.3) is 5.69 Å². The van der Waals surface area contributed by atoms with Gasteiger partial charge in [-0.3, -0.25) is 10.1 Å². The van der Waals surface area contributed by atoms with Gasteiger partial charge in [0, 0.05) is 30.8 Å². The standard InChI is InChI=1S/C19H21FN4O2.HI/c1-14(2)11-21-19(23-13-16-5-3-4-6-18(16)20)22-12-15-7-9-17(10-8-15)24(25)26;/h3-10H,1,11-13H2,2H3,(H2,21,22,23);1H. The van der Waals surface area contributed by atoms with Crippen molar-refractivity contribution in [2.45, 2.75) is 20.0 Å². The second kappa shape index (κ2) is 11.3. The van der Waals surface area contributed by atoms with Crippen molar-refractivity contribution in [3.05, 3.63) is 87.7 Å². The number of hydrogen-bond acceptors (Lipinski definition) is 3. The Morgan fingerprint density at radius 1 is 1.19 bits per heavy atom. The van der Waals surface area contributed by atoms with Gasteiger partial charge >= 0.3 is 0 Å². The van der Waals surface area contributed by atoms with Crippen LogP contribution in [0.3, 0.4) is 0 Å². The zero-order valence-electron chi connectivity index (χ0n) is 14.9. The third-order valence-corrected chi connectivity index (χ3v) is 3.53. The van der Waals surface area contributed by atoms with Gasteiger partial charge in [-0.05, 0) is 18.6 Å². The van der Waals surface area contributed by atoms with Crippen LogP contribution in [0.2, 0.25) is 0 Å². The van der Waals surface area contributed by atoms with Crippen molar-refractivity contribution in [1.29, 1.82) is 0 Å². The molecule has 0 atom stereocenters. The van der Waals surface area contributed by atoms with Crippen LogP contribution in [0.5, 0.6) is 0 Å². The van der Waals surface area contributed by atoms with Crippen molar-refractivity contribution in [3.8, 4) is 0 Å². The molecule has 0 radical (unpaired) electrons. The van der Waals surface area contributed by atoms with E-state index in [4.69, 9.17) is 0 Å². The van der Waals surface area contributed by atoms with Crippen molar-refractivity contribution in [1.82, 2.24) is 10.6 Å². The summed E-state index contributed by atoms with van der Waals surface area (Å²) in [6.45, 7) is 6.87. The summed E-state index contributed by atoms with van der Waals surface area (Å²) in [5.74, 6) is 0.226. The largest absolute Gasteiger partial charge is 0.353 e. The maximum atomic E-state index is 13.7. The molecular weight excluding hydrogens is 462 g/mol. The molecule has 2 N–H and O–H groups in total. The predicted octanol–water partition coefficient (Wildman–Crippen LogP) is 4.16. The maximum Gasteiger partial charge on any atom is 0.269 e. The van der Waals surface area contributed by atoms with Gasteiger partial charge in [0.1, 0.15) is 5.82 Å². The first kappa shape index (κ1) is 22.6. The molecule has 27 heavy (non-hydrogen) atoms. The Labute approximate surface area is 174 Å². The highest BCUT2D eigenvalue weighted by Crippen LogP contribution is 2.12. The van der Waals surface area contributed by atoms with Crippen LogP contribution >= 0.6 is 24.0 Å². The van der Waals surface area contributed by atoms with Gasteiger partial charge in [-0.1, -0.05) is 42.5 Å². The van der Waals surface area contributed by atoms with Crippen LogP contribution in [0.4, 0.5) is 10.1 Å². The fourth-order valence-electron chi connectivity index (χ4n) is 2.12. The fraction of sp³-hybridized carbons (Fsp3) is 0.211. The molecule has 0 saturated carbocycles. The topological polar surface area (TPSA) is 79.6 Å². The fourth-order valence-corrected chi connectivity index (χ4v) is 2.12. The number of guanidine groups is 1. The quantitative estimate of drug-likeness (QED) is 0.155. The van der Waals surface area contributed by atoms with Gasteiger partial charge in [-0.15, -0.1) is 24.0 Å². The number of nitrogens with zero attached hydrogens (tertiary/aromatic N) is 2. The highest BCUT2D eigenvalue weighted by atomic mass is 127. The number of aliphatic imine (C=N–C) groups is 1. The SMILES string of the molecule is C=C(C)CNC(=NCc1ccc([N+](=O)[O-])cc1)NCc1ccccc1F.I.